The van der Waals surface area contributed by atoms with Crippen molar-refractivity contribution in [3.8, 4) is 0 Å². The maximum atomic E-state index is 10.9. The first-order valence-electron chi connectivity index (χ1n) is 3.99. The third-order valence-corrected chi connectivity index (χ3v) is 1.42. The number of aliphatic hydroxyl groups excluding tert-OH is 1. The van der Waals surface area contributed by atoms with Crippen LogP contribution in [-0.2, 0) is 9.53 Å². The van der Waals surface area contributed by atoms with Crippen molar-refractivity contribution < 1.29 is 14.6 Å². The summed E-state index contributed by atoms with van der Waals surface area (Å²) >= 11 is 0. The topological polar surface area (TPSA) is 46.5 Å². The maximum absolute atomic E-state index is 10.9. The van der Waals surface area contributed by atoms with E-state index in [1.54, 1.807) is 6.92 Å². The Hall–Kier alpha value is -0.570. The molecule has 3 heteroatoms. The van der Waals surface area contributed by atoms with Gasteiger partial charge in [0, 0.05) is 0 Å². The summed E-state index contributed by atoms with van der Waals surface area (Å²) in [5.74, 6) is -0.687. The molecule has 0 fully saturated rings. The zero-order valence-electron chi connectivity index (χ0n) is 7.17. The van der Waals surface area contributed by atoms with Crippen molar-refractivity contribution in [2.75, 3.05) is 13.2 Å². The Balaban J connectivity index is 3.36. The SMILES string of the molecule is CCCCOC(=O)[C@H](C)CO. The van der Waals surface area contributed by atoms with Gasteiger partial charge in [0.15, 0.2) is 0 Å². The minimum Gasteiger partial charge on any atom is -0.465 e. The molecule has 66 valence electrons. The minimum absolute atomic E-state index is 0.134. The highest BCUT2D eigenvalue weighted by atomic mass is 16.5. The number of carbonyl (C=O) groups is 1. The van der Waals surface area contributed by atoms with Crippen molar-refractivity contribution in [1.82, 2.24) is 0 Å². The van der Waals surface area contributed by atoms with Crippen molar-refractivity contribution in [2.24, 2.45) is 5.92 Å². The van der Waals surface area contributed by atoms with Crippen LogP contribution in [0.25, 0.3) is 0 Å². The lowest BCUT2D eigenvalue weighted by Gasteiger charge is -2.07. The summed E-state index contributed by atoms with van der Waals surface area (Å²) in [5, 5.41) is 8.56. The second-order valence-corrected chi connectivity index (χ2v) is 2.60. The third-order valence-electron chi connectivity index (χ3n) is 1.42. The predicted octanol–water partition coefficient (Wildman–Crippen LogP) is 0.958. The van der Waals surface area contributed by atoms with Crippen molar-refractivity contribution in [1.29, 1.82) is 0 Å². The largest absolute Gasteiger partial charge is 0.465 e. The van der Waals surface area contributed by atoms with Gasteiger partial charge in [0.2, 0.25) is 0 Å². The van der Waals surface area contributed by atoms with Gasteiger partial charge in [-0.05, 0) is 13.3 Å². The molecule has 0 aliphatic heterocycles. The Morgan fingerprint density at radius 1 is 1.64 bits per heavy atom. The van der Waals surface area contributed by atoms with Crippen LogP contribution < -0.4 is 0 Å². The standard InChI is InChI=1S/C8H16O3/c1-3-4-5-11-8(10)7(2)6-9/h7,9H,3-6H2,1-2H3/t7-/m1/s1. The number of hydrogen-bond acceptors (Lipinski definition) is 3. The molecule has 0 radical (unpaired) electrons. The fraction of sp³-hybridized carbons (Fsp3) is 0.875. The number of hydrogen-bond donors (Lipinski definition) is 1. The van der Waals surface area contributed by atoms with Crippen LogP contribution in [0.4, 0.5) is 0 Å². The van der Waals surface area contributed by atoms with Crippen molar-refractivity contribution >= 4 is 5.97 Å². The molecule has 3 nitrogen and oxygen atoms in total. The molecule has 0 rings (SSSR count). The van der Waals surface area contributed by atoms with E-state index in [-0.39, 0.29) is 18.5 Å². The Labute approximate surface area is 67.4 Å². The van der Waals surface area contributed by atoms with Crippen molar-refractivity contribution in [3.63, 3.8) is 0 Å². The molecule has 0 aliphatic carbocycles. The van der Waals surface area contributed by atoms with Crippen molar-refractivity contribution in [2.45, 2.75) is 26.7 Å². The molecule has 0 heterocycles. The Bertz CT molecular complexity index is 112. The molecule has 0 aromatic rings. The van der Waals surface area contributed by atoms with Crippen LogP contribution in [-0.4, -0.2) is 24.3 Å². The number of esters is 1. The van der Waals surface area contributed by atoms with Gasteiger partial charge in [-0.2, -0.15) is 0 Å². The van der Waals surface area contributed by atoms with E-state index in [1.165, 1.54) is 0 Å². The molecule has 0 aromatic heterocycles. The van der Waals surface area contributed by atoms with Gasteiger partial charge in [-0.1, -0.05) is 13.3 Å². The van der Waals surface area contributed by atoms with E-state index in [1.807, 2.05) is 6.92 Å². The molecule has 0 aliphatic rings. The highest BCUT2D eigenvalue weighted by Crippen LogP contribution is 1.98. The maximum Gasteiger partial charge on any atom is 0.310 e. The van der Waals surface area contributed by atoms with Gasteiger partial charge in [0.25, 0.3) is 0 Å². The monoisotopic (exact) mass is 160 g/mol. The Morgan fingerprint density at radius 3 is 2.73 bits per heavy atom. The predicted molar refractivity (Wildman–Crippen MR) is 42.1 cm³/mol. The molecular weight excluding hydrogens is 144 g/mol. The molecule has 1 atom stereocenters. The Morgan fingerprint density at radius 2 is 2.27 bits per heavy atom. The van der Waals surface area contributed by atoms with Gasteiger partial charge in [0.1, 0.15) is 0 Å². The summed E-state index contributed by atoms with van der Waals surface area (Å²) in [6.07, 6.45) is 1.91. The van der Waals surface area contributed by atoms with E-state index >= 15 is 0 Å². The number of unbranched alkanes of at least 4 members (excludes halogenated alkanes) is 1. The van der Waals surface area contributed by atoms with Crippen LogP contribution >= 0.6 is 0 Å². The first-order valence-corrected chi connectivity index (χ1v) is 3.99. The summed E-state index contributed by atoms with van der Waals surface area (Å²) in [4.78, 5) is 10.9. The number of rotatable bonds is 5. The first kappa shape index (κ1) is 10.4. The average Bonchev–Trinajstić information content (AvgIpc) is 2.03. The van der Waals surface area contributed by atoms with Crippen LogP contribution in [0.1, 0.15) is 26.7 Å². The van der Waals surface area contributed by atoms with Crippen LogP contribution in [0.3, 0.4) is 0 Å². The molecular formula is C8H16O3. The Kier molecular flexibility index (Phi) is 5.84. The van der Waals surface area contributed by atoms with Crippen LogP contribution in [0, 0.1) is 5.92 Å². The van der Waals surface area contributed by atoms with Gasteiger partial charge in [-0.15, -0.1) is 0 Å². The van der Waals surface area contributed by atoms with Crippen LogP contribution in [0.5, 0.6) is 0 Å². The molecule has 0 unspecified atom stereocenters. The fourth-order valence-electron chi connectivity index (χ4n) is 0.534. The molecule has 0 spiro atoms. The number of carbonyl (C=O) groups excluding carboxylic acids is 1. The zero-order valence-corrected chi connectivity index (χ0v) is 7.17. The van der Waals surface area contributed by atoms with Gasteiger partial charge < -0.3 is 9.84 Å². The summed E-state index contributed by atoms with van der Waals surface area (Å²) in [6, 6.07) is 0. The van der Waals surface area contributed by atoms with Gasteiger partial charge in [0.05, 0.1) is 19.1 Å². The molecule has 0 amide bonds. The lowest BCUT2D eigenvalue weighted by atomic mass is 10.2. The summed E-state index contributed by atoms with van der Waals surface area (Å²) in [7, 11) is 0. The highest BCUT2D eigenvalue weighted by Gasteiger charge is 2.11. The van der Waals surface area contributed by atoms with Crippen molar-refractivity contribution in [3.05, 3.63) is 0 Å². The van der Waals surface area contributed by atoms with E-state index < -0.39 is 0 Å². The molecule has 0 aromatic carbocycles. The quantitative estimate of drug-likeness (QED) is 0.481. The molecule has 1 N–H and O–H groups in total. The molecule has 0 saturated heterocycles. The van der Waals surface area contributed by atoms with E-state index in [9.17, 15) is 4.79 Å². The average molecular weight is 160 g/mol. The highest BCUT2D eigenvalue weighted by molar-refractivity contribution is 5.72. The van der Waals surface area contributed by atoms with Gasteiger partial charge in [-0.3, -0.25) is 4.79 Å². The van der Waals surface area contributed by atoms with E-state index in [0.29, 0.717) is 6.61 Å². The van der Waals surface area contributed by atoms with Gasteiger partial charge in [-0.25, -0.2) is 0 Å². The molecule has 11 heavy (non-hydrogen) atoms. The summed E-state index contributed by atoms with van der Waals surface area (Å²) < 4.78 is 4.84. The fourth-order valence-corrected chi connectivity index (χ4v) is 0.534. The molecule has 0 bridgehead atoms. The zero-order chi connectivity index (χ0) is 8.69. The van der Waals surface area contributed by atoms with E-state index in [2.05, 4.69) is 0 Å². The van der Waals surface area contributed by atoms with E-state index in [0.717, 1.165) is 12.8 Å². The minimum atomic E-state index is -0.383. The van der Waals surface area contributed by atoms with Gasteiger partial charge >= 0.3 is 5.97 Å². The first-order chi connectivity index (χ1) is 5.22. The van der Waals surface area contributed by atoms with E-state index in [4.69, 9.17) is 9.84 Å². The van der Waals surface area contributed by atoms with Crippen LogP contribution in [0.15, 0.2) is 0 Å². The van der Waals surface area contributed by atoms with Crippen LogP contribution in [0.2, 0.25) is 0 Å². The lowest BCUT2D eigenvalue weighted by molar-refractivity contribution is -0.149. The normalized spacial score (nSPS) is 12.6. The second kappa shape index (κ2) is 6.16. The third kappa shape index (κ3) is 4.79. The molecule has 0 saturated carbocycles. The number of ether oxygens (including phenoxy) is 1. The smallest absolute Gasteiger partial charge is 0.310 e. The number of aliphatic hydroxyl groups is 1. The lowest BCUT2D eigenvalue weighted by Crippen LogP contribution is -2.18. The summed E-state index contributed by atoms with van der Waals surface area (Å²) in [6.45, 7) is 4.02. The second-order valence-electron chi connectivity index (χ2n) is 2.60. The summed E-state index contributed by atoms with van der Waals surface area (Å²) in [5.41, 5.74) is 0.